The van der Waals surface area contributed by atoms with Gasteiger partial charge in [-0.25, -0.2) is 13.1 Å². The second-order valence-corrected chi connectivity index (χ2v) is 10.2. The fourth-order valence-electron chi connectivity index (χ4n) is 4.09. The molecule has 1 aromatic heterocycles. The normalized spacial score (nSPS) is 15.0. The van der Waals surface area contributed by atoms with Crippen molar-refractivity contribution in [2.24, 2.45) is 0 Å². The minimum absolute atomic E-state index is 0.193. The monoisotopic (exact) mass is 452 g/mol. The zero-order valence-electron chi connectivity index (χ0n) is 18.6. The highest BCUT2D eigenvalue weighted by Crippen LogP contribution is 2.26. The van der Waals surface area contributed by atoms with Crippen LogP contribution in [-0.2, 0) is 10.0 Å². The van der Waals surface area contributed by atoms with E-state index in [0.717, 1.165) is 36.3 Å². The summed E-state index contributed by atoms with van der Waals surface area (Å²) in [4.78, 5) is 13.3. The molecule has 32 heavy (non-hydrogen) atoms. The molecule has 0 spiro atoms. The molecule has 0 unspecified atom stereocenters. The minimum Gasteiger partial charge on any atom is -0.320 e. The van der Waals surface area contributed by atoms with Crippen molar-refractivity contribution in [2.75, 3.05) is 18.4 Å². The Bertz CT molecular complexity index is 1260. The molecule has 0 aliphatic carbocycles. The quantitative estimate of drug-likeness (QED) is 0.628. The van der Waals surface area contributed by atoms with Crippen LogP contribution in [0.5, 0.6) is 0 Å². The van der Waals surface area contributed by atoms with Crippen LogP contribution in [0.3, 0.4) is 0 Å². The van der Waals surface area contributed by atoms with Gasteiger partial charge >= 0.3 is 0 Å². The maximum Gasteiger partial charge on any atom is 0.255 e. The summed E-state index contributed by atoms with van der Waals surface area (Å²) in [5.74, 6) is -0.367. The molecule has 1 N–H and O–H groups in total. The molecule has 1 fully saturated rings. The topological polar surface area (TPSA) is 84.3 Å². The third-order valence-electron chi connectivity index (χ3n) is 5.77. The molecule has 0 saturated carbocycles. The van der Waals surface area contributed by atoms with Crippen LogP contribution in [0.4, 0.5) is 5.69 Å². The number of benzene rings is 2. The van der Waals surface area contributed by atoms with Gasteiger partial charge in [0.05, 0.1) is 22.0 Å². The first-order valence-corrected chi connectivity index (χ1v) is 12.3. The Balaban J connectivity index is 1.65. The molecule has 1 aliphatic heterocycles. The van der Waals surface area contributed by atoms with E-state index in [1.54, 1.807) is 23.7 Å². The lowest BCUT2D eigenvalue weighted by Crippen LogP contribution is -2.36. The number of aryl methyl sites for hydroxylation is 3. The molecule has 1 amide bonds. The number of rotatable bonds is 5. The van der Waals surface area contributed by atoms with Gasteiger partial charge in [-0.15, -0.1) is 0 Å². The van der Waals surface area contributed by atoms with Gasteiger partial charge in [-0.3, -0.25) is 4.79 Å². The smallest absolute Gasteiger partial charge is 0.255 e. The van der Waals surface area contributed by atoms with Crippen molar-refractivity contribution in [1.29, 1.82) is 0 Å². The van der Waals surface area contributed by atoms with Crippen LogP contribution in [0.1, 0.15) is 46.6 Å². The van der Waals surface area contributed by atoms with E-state index < -0.39 is 10.0 Å². The number of sulfonamides is 1. The van der Waals surface area contributed by atoms with Gasteiger partial charge in [0.1, 0.15) is 0 Å². The minimum atomic E-state index is -3.64. The van der Waals surface area contributed by atoms with Crippen molar-refractivity contribution >= 4 is 21.6 Å². The summed E-state index contributed by atoms with van der Waals surface area (Å²) in [6.07, 6.45) is 2.77. The first kappa shape index (κ1) is 22.2. The highest BCUT2D eigenvalue weighted by Gasteiger charge is 2.28. The molecule has 0 atom stereocenters. The van der Waals surface area contributed by atoms with Gasteiger partial charge in [-0.2, -0.15) is 9.40 Å². The maximum atomic E-state index is 13.2. The SMILES string of the molecule is Cc1cc(C)n(-c2ccccc2NC(=O)c2ccc(C)c(S(=O)(=O)N3CCCCC3)c2)n1. The summed E-state index contributed by atoms with van der Waals surface area (Å²) in [5, 5.41) is 7.44. The first-order valence-electron chi connectivity index (χ1n) is 10.8. The van der Waals surface area contributed by atoms with Gasteiger partial charge in [-0.1, -0.05) is 24.6 Å². The number of nitrogens with one attached hydrogen (secondary N) is 1. The van der Waals surface area contributed by atoms with E-state index in [1.807, 2.05) is 44.2 Å². The summed E-state index contributed by atoms with van der Waals surface area (Å²) in [5.41, 5.74) is 4.12. The molecule has 1 saturated heterocycles. The molecule has 8 heteroatoms. The van der Waals surface area contributed by atoms with Gasteiger partial charge in [-0.05, 0) is 69.5 Å². The summed E-state index contributed by atoms with van der Waals surface area (Å²) < 4.78 is 29.7. The zero-order valence-corrected chi connectivity index (χ0v) is 19.4. The highest BCUT2D eigenvalue weighted by atomic mass is 32.2. The Morgan fingerprint density at radius 3 is 2.38 bits per heavy atom. The van der Waals surface area contributed by atoms with E-state index in [2.05, 4.69) is 10.4 Å². The van der Waals surface area contributed by atoms with Gasteiger partial charge in [0.15, 0.2) is 0 Å². The average Bonchev–Trinajstić information content (AvgIpc) is 3.12. The number of hydrogen-bond donors (Lipinski definition) is 1. The van der Waals surface area contributed by atoms with E-state index in [4.69, 9.17) is 0 Å². The third-order valence-corrected chi connectivity index (χ3v) is 7.81. The van der Waals surface area contributed by atoms with Gasteiger partial charge in [0.2, 0.25) is 10.0 Å². The summed E-state index contributed by atoms with van der Waals surface area (Å²) in [6, 6.07) is 14.2. The van der Waals surface area contributed by atoms with E-state index >= 15 is 0 Å². The fourth-order valence-corrected chi connectivity index (χ4v) is 5.86. The molecular formula is C24H28N4O3S. The zero-order chi connectivity index (χ0) is 22.9. The van der Waals surface area contributed by atoms with Crippen molar-refractivity contribution in [2.45, 2.75) is 44.9 Å². The van der Waals surface area contributed by atoms with Crippen molar-refractivity contribution < 1.29 is 13.2 Å². The van der Waals surface area contributed by atoms with Crippen LogP contribution in [0.25, 0.3) is 5.69 Å². The van der Waals surface area contributed by atoms with Gasteiger partial charge in [0.25, 0.3) is 5.91 Å². The second-order valence-electron chi connectivity index (χ2n) is 8.26. The molecular weight excluding hydrogens is 424 g/mol. The molecule has 168 valence electrons. The standard InChI is InChI=1S/C24H28N4O3S/c1-17-11-12-20(16-23(17)32(30,31)27-13-7-4-8-14-27)24(29)25-21-9-5-6-10-22(21)28-19(3)15-18(2)26-28/h5-6,9-12,15-16H,4,7-8,13-14H2,1-3H3,(H,25,29). The number of piperidine rings is 1. The van der Waals surface area contributed by atoms with Crippen molar-refractivity contribution in [1.82, 2.24) is 14.1 Å². The number of hydrogen-bond acceptors (Lipinski definition) is 4. The van der Waals surface area contributed by atoms with E-state index in [-0.39, 0.29) is 10.8 Å². The van der Waals surface area contributed by atoms with Gasteiger partial charge < -0.3 is 5.32 Å². The van der Waals surface area contributed by atoms with Crippen LogP contribution in [0.15, 0.2) is 53.4 Å². The average molecular weight is 453 g/mol. The molecule has 3 aromatic rings. The predicted molar refractivity (Wildman–Crippen MR) is 125 cm³/mol. The summed E-state index contributed by atoms with van der Waals surface area (Å²) in [6.45, 7) is 6.68. The van der Waals surface area contributed by atoms with Crippen molar-refractivity contribution in [3.63, 3.8) is 0 Å². The number of carbonyl (C=O) groups is 1. The molecule has 7 nitrogen and oxygen atoms in total. The lowest BCUT2D eigenvalue weighted by Gasteiger charge is -2.26. The highest BCUT2D eigenvalue weighted by molar-refractivity contribution is 7.89. The van der Waals surface area contributed by atoms with Crippen LogP contribution in [-0.4, -0.2) is 41.5 Å². The molecule has 4 rings (SSSR count). The predicted octanol–water partition coefficient (Wildman–Crippen LogP) is 4.22. The Morgan fingerprint density at radius 1 is 0.969 bits per heavy atom. The van der Waals surface area contributed by atoms with Crippen molar-refractivity contribution in [3.05, 3.63) is 71.0 Å². The molecule has 0 bridgehead atoms. The lowest BCUT2D eigenvalue weighted by atomic mass is 10.1. The summed E-state index contributed by atoms with van der Waals surface area (Å²) in [7, 11) is -3.64. The maximum absolute atomic E-state index is 13.2. The third kappa shape index (κ3) is 4.33. The molecule has 2 aromatic carbocycles. The Kier molecular flexibility index (Phi) is 6.17. The molecule has 1 aliphatic rings. The van der Waals surface area contributed by atoms with E-state index in [1.165, 1.54) is 10.4 Å². The molecule has 2 heterocycles. The van der Waals surface area contributed by atoms with Crippen LogP contribution < -0.4 is 5.32 Å². The largest absolute Gasteiger partial charge is 0.320 e. The Hall–Kier alpha value is -2.97. The fraction of sp³-hybridized carbons (Fsp3) is 0.333. The first-order chi connectivity index (χ1) is 15.3. The van der Waals surface area contributed by atoms with E-state index in [0.29, 0.717) is 29.9 Å². The van der Waals surface area contributed by atoms with Crippen LogP contribution >= 0.6 is 0 Å². The van der Waals surface area contributed by atoms with Crippen LogP contribution in [0.2, 0.25) is 0 Å². The van der Waals surface area contributed by atoms with Crippen molar-refractivity contribution in [3.8, 4) is 5.69 Å². The number of amides is 1. The van der Waals surface area contributed by atoms with Gasteiger partial charge in [0, 0.05) is 24.3 Å². The van der Waals surface area contributed by atoms with Crippen LogP contribution in [0, 0.1) is 20.8 Å². The number of para-hydroxylation sites is 2. The van der Waals surface area contributed by atoms with E-state index in [9.17, 15) is 13.2 Å². The Labute approximate surface area is 189 Å². The number of carbonyl (C=O) groups excluding carboxylic acids is 1. The Morgan fingerprint density at radius 2 is 1.69 bits per heavy atom. The summed E-state index contributed by atoms with van der Waals surface area (Å²) >= 11 is 0. The lowest BCUT2D eigenvalue weighted by molar-refractivity contribution is 0.102. The second kappa shape index (κ2) is 8.88. The number of nitrogens with zero attached hydrogens (tertiary/aromatic N) is 3. The number of aromatic nitrogens is 2. The number of anilines is 1. The molecule has 0 radical (unpaired) electrons.